The van der Waals surface area contributed by atoms with Crippen LogP contribution in [0.2, 0.25) is 0 Å². The number of carbonyl (C=O) groups excluding carboxylic acids is 5. The minimum Gasteiger partial charge on any atom is -0.384 e. The van der Waals surface area contributed by atoms with Gasteiger partial charge in [0.2, 0.25) is 17.6 Å². The quantitative estimate of drug-likeness (QED) is 0.211. The van der Waals surface area contributed by atoms with Crippen LogP contribution in [0.4, 0.5) is 0 Å². The van der Waals surface area contributed by atoms with Crippen LogP contribution < -0.4 is 16.8 Å². The zero-order chi connectivity index (χ0) is 35.8. The number of hydrogen-bond acceptors (Lipinski definition) is 11. The second kappa shape index (κ2) is 14.2. The molecule has 0 bridgehead atoms. The molecule has 3 atom stereocenters. The van der Waals surface area contributed by atoms with Gasteiger partial charge in [0.15, 0.2) is 5.01 Å². The Morgan fingerprint density at radius 3 is 2.50 bits per heavy atom. The van der Waals surface area contributed by atoms with Crippen molar-refractivity contribution in [3.8, 4) is 0 Å². The average molecular weight is 709 g/mol. The van der Waals surface area contributed by atoms with E-state index in [1.807, 2.05) is 18.2 Å². The maximum Gasteiger partial charge on any atom is 0.287 e. The molecule has 16 heteroatoms. The molecule has 3 fully saturated rings. The smallest absolute Gasteiger partial charge is 0.287 e. The predicted octanol–water partition coefficient (Wildman–Crippen LogP) is 1.83. The lowest BCUT2D eigenvalue weighted by Gasteiger charge is -2.37. The lowest BCUT2D eigenvalue weighted by molar-refractivity contribution is -0.147. The molecular weight excluding hydrogens is 664 g/mol. The monoisotopic (exact) mass is 708 g/mol. The van der Waals surface area contributed by atoms with Gasteiger partial charge in [0.1, 0.15) is 17.2 Å². The van der Waals surface area contributed by atoms with Gasteiger partial charge in [-0.2, -0.15) is 0 Å². The molecule has 15 nitrogen and oxygen atoms in total. The Morgan fingerprint density at radius 1 is 1.12 bits per heavy atom. The number of amides is 4. The lowest BCUT2D eigenvalue weighted by Crippen LogP contribution is -2.63. The Labute approximate surface area is 293 Å². The molecule has 4 amide bonds. The fourth-order valence-corrected chi connectivity index (χ4v) is 8.64. The summed E-state index contributed by atoms with van der Waals surface area (Å²) in [5.41, 5.74) is 9.71. The third kappa shape index (κ3) is 7.01. The predicted molar refractivity (Wildman–Crippen MR) is 182 cm³/mol. The van der Waals surface area contributed by atoms with Gasteiger partial charge in [-0.3, -0.25) is 24.0 Å². The van der Waals surface area contributed by atoms with E-state index in [1.54, 1.807) is 18.5 Å². The third-order valence-corrected chi connectivity index (χ3v) is 11.4. The van der Waals surface area contributed by atoms with Crippen LogP contribution in [-0.4, -0.2) is 90.7 Å². The number of nitrogens with zero attached hydrogens (tertiary/aromatic N) is 5. The Hall–Kier alpha value is -4.28. The van der Waals surface area contributed by atoms with Crippen LogP contribution in [-0.2, 0) is 29.5 Å². The molecule has 1 aliphatic carbocycles. The molecule has 4 heterocycles. The number of Topliss-reactive ketones (excluding diaryl/α,β-unsaturated/α-hetero) is 1. The highest BCUT2D eigenvalue weighted by atomic mass is 32.1. The molecule has 0 spiro atoms. The van der Waals surface area contributed by atoms with Gasteiger partial charge in [-0.25, -0.2) is 9.67 Å². The van der Waals surface area contributed by atoms with Crippen LogP contribution in [0, 0.1) is 5.92 Å². The summed E-state index contributed by atoms with van der Waals surface area (Å²) in [4.78, 5) is 73.0. The highest BCUT2D eigenvalue weighted by Crippen LogP contribution is 2.40. The summed E-state index contributed by atoms with van der Waals surface area (Å²) in [6.07, 6.45) is 7.33. The summed E-state index contributed by atoms with van der Waals surface area (Å²) in [6, 6.07) is 3.87. The summed E-state index contributed by atoms with van der Waals surface area (Å²) >= 11 is 1.16. The van der Waals surface area contributed by atoms with Gasteiger partial charge in [-0.1, -0.05) is 49.5 Å². The van der Waals surface area contributed by atoms with Crippen molar-refractivity contribution < 1.29 is 33.8 Å². The molecule has 268 valence electrons. The Morgan fingerprint density at radius 2 is 1.84 bits per heavy atom. The average Bonchev–Trinajstić information content (AvgIpc) is 3.86. The molecule has 2 saturated heterocycles. The summed E-state index contributed by atoms with van der Waals surface area (Å²) in [7, 11) is 0. The molecule has 6 N–H and O–H groups in total. The minimum absolute atomic E-state index is 0.0505. The van der Waals surface area contributed by atoms with Crippen molar-refractivity contribution in [1.82, 2.24) is 30.2 Å². The maximum absolute atomic E-state index is 15.1. The van der Waals surface area contributed by atoms with Crippen molar-refractivity contribution in [3.63, 3.8) is 0 Å². The number of aromatic nitrogens is 4. The number of ketones is 1. The van der Waals surface area contributed by atoms with E-state index in [0.29, 0.717) is 23.2 Å². The van der Waals surface area contributed by atoms with E-state index in [2.05, 4.69) is 20.6 Å². The van der Waals surface area contributed by atoms with E-state index in [1.165, 1.54) is 11.1 Å². The van der Waals surface area contributed by atoms with E-state index in [0.717, 1.165) is 48.1 Å². The Bertz CT molecular complexity index is 1790. The fourth-order valence-electron chi connectivity index (χ4n) is 7.79. The molecule has 1 saturated carbocycles. The summed E-state index contributed by atoms with van der Waals surface area (Å²) in [6.45, 7) is 3.53. The molecule has 2 aromatic heterocycles. The van der Waals surface area contributed by atoms with Crippen molar-refractivity contribution in [2.45, 2.75) is 101 Å². The van der Waals surface area contributed by atoms with Crippen molar-refractivity contribution >= 4 is 51.0 Å². The van der Waals surface area contributed by atoms with Gasteiger partial charge in [-0.15, -0.1) is 16.4 Å². The molecule has 0 radical (unpaired) electrons. The first kappa shape index (κ1) is 35.5. The van der Waals surface area contributed by atoms with Crippen LogP contribution in [0.1, 0.15) is 105 Å². The lowest BCUT2D eigenvalue weighted by atomic mass is 9.79. The Balaban J connectivity index is 1.41. The van der Waals surface area contributed by atoms with Crippen LogP contribution in [0.25, 0.3) is 10.2 Å². The number of hydrogen-bond donors (Lipinski definition) is 4. The SMILES string of the molecule is CC(C)(O)c1cnnn1[C@H]1C[C@@H](C(=O)NC2(C(=O)C(N)=O)CCOCC2)N(C(=O)[C@H](CC2CCCCC2)c2cccc3sc(C(N)=O)nc23)C1. The topological polar surface area (TPSA) is 226 Å². The fraction of sp³-hybridized carbons (Fsp3) is 0.588. The van der Waals surface area contributed by atoms with Crippen LogP contribution >= 0.6 is 11.3 Å². The number of ether oxygens (including phenoxy) is 1. The molecule has 50 heavy (non-hydrogen) atoms. The number of primary amides is 2. The van der Waals surface area contributed by atoms with Gasteiger partial charge in [0.25, 0.3) is 11.8 Å². The van der Waals surface area contributed by atoms with Crippen molar-refractivity contribution in [2.24, 2.45) is 17.4 Å². The normalized spacial score (nSPS) is 21.9. The number of aliphatic hydroxyl groups is 1. The summed E-state index contributed by atoms with van der Waals surface area (Å²) in [5.74, 6) is -4.13. The molecule has 6 rings (SSSR count). The number of thiazole rings is 1. The van der Waals surface area contributed by atoms with Gasteiger partial charge >= 0.3 is 0 Å². The van der Waals surface area contributed by atoms with Gasteiger partial charge < -0.3 is 31.5 Å². The van der Waals surface area contributed by atoms with Crippen LogP contribution in [0.15, 0.2) is 24.4 Å². The van der Waals surface area contributed by atoms with Crippen molar-refractivity contribution in [3.05, 3.63) is 40.7 Å². The number of nitrogens with two attached hydrogens (primary N) is 2. The van der Waals surface area contributed by atoms with Crippen LogP contribution in [0.5, 0.6) is 0 Å². The maximum atomic E-state index is 15.1. The van der Waals surface area contributed by atoms with Gasteiger partial charge in [0, 0.05) is 39.0 Å². The number of benzene rings is 1. The van der Waals surface area contributed by atoms with Gasteiger partial charge in [-0.05, 0) is 37.8 Å². The number of fused-ring (bicyclic) bond motifs is 1. The van der Waals surface area contributed by atoms with Crippen molar-refractivity contribution in [2.75, 3.05) is 19.8 Å². The minimum atomic E-state index is -1.57. The largest absolute Gasteiger partial charge is 0.384 e. The second-order valence-corrected chi connectivity index (χ2v) is 15.3. The van der Waals surface area contributed by atoms with E-state index in [9.17, 15) is 24.3 Å². The van der Waals surface area contributed by atoms with E-state index < -0.39 is 52.6 Å². The first-order chi connectivity index (χ1) is 23.8. The molecular formula is C34H44N8O7S. The Kier molecular flexibility index (Phi) is 10.1. The van der Waals surface area contributed by atoms with E-state index >= 15 is 4.79 Å². The number of rotatable bonds is 11. The standard InChI is InChI=1S/C34H44N8O7S/c1-33(2,48)25-17-37-40-42(25)20-16-23(30(46)39-34(27(43)28(35)44)11-13-49-14-12-34)41(18-20)32(47)22(15-19-7-4-3-5-8-19)21-9-6-10-24-26(21)38-31(50-24)29(36)45/h6,9-10,17,19-20,22-23,48H,3-5,7-8,11-16,18H2,1-2H3,(H2,35,44)(H2,36,45)(H,39,46)/t20-,22+,23-/m0/s1. The first-order valence-electron chi connectivity index (χ1n) is 17.2. The number of likely N-dealkylation sites (tertiary alicyclic amines) is 1. The zero-order valence-electron chi connectivity index (χ0n) is 28.3. The molecule has 3 aromatic rings. The molecule has 0 unspecified atom stereocenters. The van der Waals surface area contributed by atoms with Crippen LogP contribution in [0.3, 0.4) is 0 Å². The van der Waals surface area contributed by atoms with E-state index in [4.69, 9.17) is 16.2 Å². The molecule has 3 aliphatic rings. The zero-order valence-corrected chi connectivity index (χ0v) is 29.1. The molecule has 2 aliphatic heterocycles. The van der Waals surface area contributed by atoms with E-state index in [-0.39, 0.29) is 55.9 Å². The second-order valence-electron chi connectivity index (χ2n) is 14.3. The highest BCUT2D eigenvalue weighted by molar-refractivity contribution is 7.20. The summed E-state index contributed by atoms with van der Waals surface area (Å²) < 4.78 is 7.70. The summed E-state index contributed by atoms with van der Waals surface area (Å²) in [5, 5.41) is 22.1. The number of carbonyl (C=O) groups is 5. The third-order valence-electron chi connectivity index (χ3n) is 10.4. The highest BCUT2D eigenvalue weighted by Gasteiger charge is 2.49. The van der Waals surface area contributed by atoms with Crippen molar-refractivity contribution in [1.29, 1.82) is 0 Å². The van der Waals surface area contributed by atoms with Gasteiger partial charge in [0.05, 0.1) is 34.1 Å². The number of para-hydroxylation sites is 1. The molecule has 1 aromatic carbocycles. The number of nitrogens with one attached hydrogen (secondary N) is 1. The first-order valence-corrected chi connectivity index (χ1v) is 18.0.